The minimum absolute atomic E-state index is 0.0124. The molecule has 2 amide bonds. The number of carbonyl (C=O) groups is 2. The minimum atomic E-state index is -0.513. The van der Waals surface area contributed by atoms with E-state index < -0.39 is 5.60 Å². The third kappa shape index (κ3) is 7.25. The van der Waals surface area contributed by atoms with Gasteiger partial charge in [0.25, 0.3) is 5.91 Å². The molecule has 2 bridgehead atoms. The van der Waals surface area contributed by atoms with Crippen molar-refractivity contribution in [1.29, 1.82) is 0 Å². The van der Waals surface area contributed by atoms with Gasteiger partial charge in [0.15, 0.2) is 0 Å². The molecule has 1 saturated heterocycles. The molecule has 2 aliphatic heterocycles. The number of hydrogen-bond donors (Lipinski definition) is 1. The number of likely N-dealkylation sites (tertiary alicyclic amines) is 1. The molecule has 2 aromatic rings. The monoisotopic (exact) mass is 522 g/mol. The lowest BCUT2D eigenvalue weighted by Gasteiger charge is -2.44. The van der Waals surface area contributed by atoms with Crippen LogP contribution in [0, 0.1) is 5.41 Å². The zero-order chi connectivity index (χ0) is 27.2. The summed E-state index contributed by atoms with van der Waals surface area (Å²) in [5.41, 5.74) is 1.68. The zero-order valence-corrected chi connectivity index (χ0v) is 23.3. The van der Waals surface area contributed by atoms with E-state index in [4.69, 9.17) is 9.47 Å². The second-order valence-corrected chi connectivity index (χ2v) is 11.6. The predicted octanol–water partition coefficient (Wildman–Crippen LogP) is 4.99. The smallest absolute Gasteiger partial charge is 0.410 e. The molecule has 8 heteroatoms. The molecular formula is C30H42N4O4. The Hall–Kier alpha value is -3.13. The summed E-state index contributed by atoms with van der Waals surface area (Å²) in [6, 6.07) is 11.4. The highest BCUT2D eigenvalue weighted by atomic mass is 16.6. The normalized spacial score (nSPS) is 19.3. The second kappa shape index (κ2) is 12.2. The van der Waals surface area contributed by atoms with Crippen molar-refractivity contribution in [3.8, 4) is 17.0 Å². The van der Waals surface area contributed by atoms with E-state index in [2.05, 4.69) is 10.3 Å². The molecule has 38 heavy (non-hydrogen) atoms. The number of fused-ring (bicyclic) bond motifs is 4. The molecule has 206 valence electrons. The molecule has 1 N–H and O–H groups in total. The van der Waals surface area contributed by atoms with Crippen LogP contribution in [0.15, 0.2) is 42.6 Å². The van der Waals surface area contributed by atoms with E-state index in [0.717, 1.165) is 62.2 Å². The van der Waals surface area contributed by atoms with Gasteiger partial charge in [0.1, 0.15) is 17.0 Å². The second-order valence-electron chi connectivity index (χ2n) is 11.6. The summed E-state index contributed by atoms with van der Waals surface area (Å²) in [6.07, 6.45) is 6.08. The van der Waals surface area contributed by atoms with Crippen LogP contribution in [0.3, 0.4) is 0 Å². The third-order valence-corrected chi connectivity index (χ3v) is 7.36. The number of piperidine rings is 1. The number of amides is 2. The maximum absolute atomic E-state index is 13.6. The Labute approximate surface area is 226 Å². The van der Waals surface area contributed by atoms with Crippen LogP contribution in [0.5, 0.6) is 5.75 Å². The van der Waals surface area contributed by atoms with Crippen LogP contribution in [0.4, 0.5) is 4.79 Å². The molecule has 2 aliphatic rings. The quantitative estimate of drug-likeness (QED) is 0.525. The summed E-state index contributed by atoms with van der Waals surface area (Å²) in [5.74, 6) is 0.715. The van der Waals surface area contributed by atoms with Gasteiger partial charge in [-0.1, -0.05) is 12.1 Å². The lowest BCUT2D eigenvalue weighted by molar-refractivity contribution is 0.00379. The summed E-state index contributed by atoms with van der Waals surface area (Å²) in [4.78, 5) is 34.5. The Morgan fingerprint density at radius 3 is 2.55 bits per heavy atom. The van der Waals surface area contributed by atoms with Crippen molar-refractivity contribution in [3.63, 3.8) is 0 Å². The first-order valence-electron chi connectivity index (χ1n) is 13.8. The number of carbonyl (C=O) groups excluding carboxylic acids is 2. The van der Waals surface area contributed by atoms with Crippen molar-refractivity contribution < 1.29 is 19.1 Å². The molecular weight excluding hydrogens is 480 g/mol. The number of rotatable bonds is 0. The van der Waals surface area contributed by atoms with Crippen molar-refractivity contribution in [1.82, 2.24) is 20.1 Å². The first-order chi connectivity index (χ1) is 18.2. The standard InChI is InChI=1S/C30H42N4O4/c1-29(2,3)38-28(36)34-18-13-30(14-19-34)12-7-15-31-16-8-20-37-25-11-6-17-32-26(25)23-9-5-10-24(21-23)27(35)33(4)22-30/h5-6,9-11,17,21,31H,7-8,12-16,18-20,22H2,1-4H3. The van der Waals surface area contributed by atoms with Crippen LogP contribution in [0.2, 0.25) is 0 Å². The fraction of sp³-hybridized carbons (Fsp3) is 0.567. The van der Waals surface area contributed by atoms with Gasteiger partial charge < -0.3 is 24.6 Å². The van der Waals surface area contributed by atoms with Crippen LogP contribution in [0.25, 0.3) is 11.3 Å². The molecule has 0 unspecified atom stereocenters. The summed E-state index contributed by atoms with van der Waals surface area (Å²) >= 11 is 0. The number of pyridine rings is 1. The Morgan fingerprint density at radius 2 is 1.79 bits per heavy atom. The first kappa shape index (κ1) is 27.9. The highest BCUT2D eigenvalue weighted by molar-refractivity contribution is 5.95. The number of ether oxygens (including phenoxy) is 2. The zero-order valence-electron chi connectivity index (χ0n) is 23.3. The van der Waals surface area contributed by atoms with E-state index in [0.29, 0.717) is 31.8 Å². The minimum Gasteiger partial charge on any atom is -0.491 e. The Morgan fingerprint density at radius 1 is 1.05 bits per heavy atom. The first-order valence-corrected chi connectivity index (χ1v) is 13.8. The number of nitrogens with zero attached hydrogens (tertiary/aromatic N) is 3. The van der Waals surface area contributed by atoms with Crippen molar-refractivity contribution in [2.45, 2.75) is 58.5 Å². The van der Waals surface area contributed by atoms with Gasteiger partial charge in [0.2, 0.25) is 0 Å². The fourth-order valence-electron chi connectivity index (χ4n) is 5.39. The maximum atomic E-state index is 13.6. The van der Waals surface area contributed by atoms with Crippen LogP contribution in [-0.2, 0) is 4.74 Å². The Balaban J connectivity index is 1.54. The van der Waals surface area contributed by atoms with E-state index in [1.807, 2.05) is 74.0 Å². The van der Waals surface area contributed by atoms with Gasteiger partial charge in [-0.05, 0) is 95.6 Å². The largest absolute Gasteiger partial charge is 0.491 e. The van der Waals surface area contributed by atoms with Crippen molar-refractivity contribution in [2.24, 2.45) is 5.41 Å². The van der Waals surface area contributed by atoms with Crippen LogP contribution in [-0.4, -0.2) is 78.8 Å². The van der Waals surface area contributed by atoms with E-state index >= 15 is 0 Å². The molecule has 1 aromatic heterocycles. The summed E-state index contributed by atoms with van der Waals surface area (Å²) in [5, 5.41) is 3.54. The van der Waals surface area contributed by atoms with Gasteiger partial charge in [-0.3, -0.25) is 9.78 Å². The lowest BCUT2D eigenvalue weighted by Crippen LogP contribution is -2.49. The number of aromatic nitrogens is 1. The molecule has 1 aromatic carbocycles. The van der Waals surface area contributed by atoms with Gasteiger partial charge in [-0.15, -0.1) is 0 Å². The van der Waals surface area contributed by atoms with Crippen LogP contribution in [0.1, 0.15) is 63.2 Å². The molecule has 0 atom stereocenters. The van der Waals surface area contributed by atoms with Gasteiger partial charge >= 0.3 is 6.09 Å². The number of hydrogen-bond acceptors (Lipinski definition) is 6. The van der Waals surface area contributed by atoms with E-state index in [-0.39, 0.29) is 17.4 Å². The predicted molar refractivity (Wildman–Crippen MR) is 148 cm³/mol. The summed E-state index contributed by atoms with van der Waals surface area (Å²) < 4.78 is 11.7. The number of benzene rings is 1. The van der Waals surface area contributed by atoms with Crippen LogP contribution >= 0.6 is 0 Å². The highest BCUT2D eigenvalue weighted by Gasteiger charge is 2.38. The topological polar surface area (TPSA) is 84.0 Å². The van der Waals surface area contributed by atoms with E-state index in [9.17, 15) is 9.59 Å². The highest BCUT2D eigenvalue weighted by Crippen LogP contribution is 2.38. The van der Waals surface area contributed by atoms with Crippen LogP contribution < -0.4 is 10.1 Å². The maximum Gasteiger partial charge on any atom is 0.410 e. The van der Waals surface area contributed by atoms with Crippen molar-refractivity contribution in [3.05, 3.63) is 48.2 Å². The molecule has 8 nitrogen and oxygen atoms in total. The number of nitrogens with one attached hydrogen (secondary N) is 1. The molecule has 0 saturated carbocycles. The third-order valence-electron chi connectivity index (χ3n) is 7.36. The molecule has 4 rings (SSSR count). The van der Waals surface area contributed by atoms with Gasteiger partial charge in [0.05, 0.1) is 6.61 Å². The van der Waals surface area contributed by atoms with Crippen molar-refractivity contribution in [2.75, 3.05) is 46.4 Å². The van der Waals surface area contributed by atoms with E-state index in [1.165, 1.54) is 0 Å². The fourth-order valence-corrected chi connectivity index (χ4v) is 5.39. The Bertz CT molecular complexity index is 1110. The van der Waals surface area contributed by atoms with E-state index in [1.54, 1.807) is 6.20 Å². The van der Waals surface area contributed by atoms with Gasteiger partial charge in [-0.2, -0.15) is 0 Å². The summed E-state index contributed by atoms with van der Waals surface area (Å²) in [6.45, 7) is 9.99. The van der Waals surface area contributed by atoms with Crippen molar-refractivity contribution >= 4 is 12.0 Å². The SMILES string of the molecule is CN1CC2(CCCNCCCOc3cccnc3-c3cccc(c3)C1=O)CCN(C(=O)OC(C)(C)C)CC2. The average Bonchev–Trinajstić information content (AvgIpc) is 2.89. The molecule has 3 heterocycles. The van der Waals surface area contributed by atoms with Gasteiger partial charge in [0, 0.05) is 44.0 Å². The average molecular weight is 523 g/mol. The Kier molecular flexibility index (Phi) is 8.92. The summed E-state index contributed by atoms with van der Waals surface area (Å²) in [7, 11) is 1.89. The lowest BCUT2D eigenvalue weighted by atomic mass is 9.74. The molecule has 1 spiro atoms. The molecule has 0 radical (unpaired) electrons. The molecule has 1 fully saturated rings. The van der Waals surface area contributed by atoms with Gasteiger partial charge in [-0.25, -0.2) is 4.79 Å². The molecule has 0 aliphatic carbocycles.